The average molecular weight is 352 g/mol. The third-order valence-electron chi connectivity index (χ3n) is 1.93. The number of hydrogen-bond acceptors (Lipinski definition) is 4. The van der Waals surface area contributed by atoms with Crippen LogP contribution in [0.2, 0.25) is 0 Å². The second-order valence-electron chi connectivity index (χ2n) is 3.25. The van der Waals surface area contributed by atoms with Crippen LogP contribution < -0.4 is 11.1 Å². The average Bonchev–Trinajstić information content (AvgIpc) is 2.22. The van der Waals surface area contributed by atoms with Crippen molar-refractivity contribution in [2.45, 2.75) is 25.8 Å². The Kier molecular flexibility index (Phi) is 5.30. The van der Waals surface area contributed by atoms with E-state index in [1.165, 1.54) is 6.20 Å². The van der Waals surface area contributed by atoms with E-state index in [9.17, 15) is 4.79 Å². The van der Waals surface area contributed by atoms with Crippen molar-refractivity contribution in [2.75, 3.05) is 5.32 Å². The lowest BCUT2D eigenvalue weighted by Crippen LogP contribution is -2.26. The molecule has 1 unspecified atom stereocenters. The lowest BCUT2D eigenvalue weighted by molar-refractivity contribution is -0.116. The van der Waals surface area contributed by atoms with Gasteiger partial charge >= 0.3 is 0 Å². The molecule has 5 nitrogen and oxygen atoms in total. The van der Waals surface area contributed by atoms with Gasteiger partial charge in [0.1, 0.15) is 9.21 Å². The predicted molar refractivity (Wildman–Crippen MR) is 68.9 cm³/mol. The van der Waals surface area contributed by atoms with Crippen LogP contribution in [0.3, 0.4) is 0 Å². The Bertz CT molecular complexity index is 386. The number of amides is 1. The van der Waals surface area contributed by atoms with Crippen molar-refractivity contribution in [3.8, 4) is 0 Å². The molecule has 16 heavy (non-hydrogen) atoms. The van der Waals surface area contributed by atoms with Gasteiger partial charge in [-0.15, -0.1) is 0 Å². The van der Waals surface area contributed by atoms with Crippen LogP contribution >= 0.6 is 31.9 Å². The molecule has 1 heterocycles. The topological polar surface area (TPSA) is 80.9 Å². The van der Waals surface area contributed by atoms with E-state index >= 15 is 0 Å². The minimum Gasteiger partial charge on any atom is -0.327 e. The minimum atomic E-state index is -0.160. The second kappa shape index (κ2) is 6.27. The van der Waals surface area contributed by atoms with E-state index in [-0.39, 0.29) is 18.4 Å². The first-order valence-electron chi connectivity index (χ1n) is 4.76. The Morgan fingerprint density at radius 2 is 2.31 bits per heavy atom. The zero-order valence-corrected chi connectivity index (χ0v) is 11.9. The van der Waals surface area contributed by atoms with E-state index in [0.29, 0.717) is 15.0 Å². The Morgan fingerprint density at radius 1 is 1.62 bits per heavy atom. The first-order chi connectivity index (χ1) is 7.52. The summed E-state index contributed by atoms with van der Waals surface area (Å²) in [6.07, 6.45) is 2.56. The first-order valence-corrected chi connectivity index (χ1v) is 6.35. The number of nitrogens with one attached hydrogen (secondary N) is 1. The van der Waals surface area contributed by atoms with Gasteiger partial charge in [0, 0.05) is 12.5 Å². The maximum Gasteiger partial charge on any atom is 0.227 e. The zero-order chi connectivity index (χ0) is 12.1. The Hall–Kier alpha value is -0.530. The molecule has 0 aromatic carbocycles. The maximum atomic E-state index is 11.5. The highest BCUT2D eigenvalue weighted by molar-refractivity contribution is 9.11. The normalized spacial score (nSPS) is 12.2. The molecule has 1 atom stereocenters. The van der Waals surface area contributed by atoms with E-state index in [1.54, 1.807) is 0 Å². The van der Waals surface area contributed by atoms with Crippen LogP contribution in [0.5, 0.6) is 0 Å². The van der Waals surface area contributed by atoms with Crippen molar-refractivity contribution >= 4 is 43.6 Å². The fraction of sp³-hybridized carbons (Fsp3) is 0.444. The molecule has 0 aliphatic heterocycles. The smallest absolute Gasteiger partial charge is 0.227 e. The van der Waals surface area contributed by atoms with Crippen LogP contribution in [0.15, 0.2) is 15.4 Å². The molecule has 88 valence electrons. The summed E-state index contributed by atoms with van der Waals surface area (Å²) in [4.78, 5) is 19.6. The number of rotatable bonds is 4. The number of carbonyl (C=O) groups is 1. The van der Waals surface area contributed by atoms with Crippen LogP contribution in [0.4, 0.5) is 5.82 Å². The molecular formula is C9H12Br2N4O. The maximum absolute atomic E-state index is 11.5. The fourth-order valence-electron chi connectivity index (χ4n) is 0.996. The van der Waals surface area contributed by atoms with Crippen molar-refractivity contribution in [1.82, 2.24) is 9.97 Å². The summed E-state index contributed by atoms with van der Waals surface area (Å²) in [5, 5.41) is 2.64. The number of hydrogen-bond donors (Lipinski definition) is 2. The van der Waals surface area contributed by atoms with E-state index in [4.69, 9.17) is 5.73 Å². The summed E-state index contributed by atoms with van der Waals surface area (Å²) in [7, 11) is 0. The van der Waals surface area contributed by atoms with Crippen LogP contribution in [0, 0.1) is 0 Å². The second-order valence-corrected chi connectivity index (χ2v) is 4.82. The Labute approximate surface area is 110 Å². The Morgan fingerprint density at radius 3 is 2.88 bits per heavy atom. The van der Waals surface area contributed by atoms with Gasteiger partial charge < -0.3 is 11.1 Å². The van der Waals surface area contributed by atoms with Gasteiger partial charge in [-0.05, 0) is 38.3 Å². The quantitative estimate of drug-likeness (QED) is 0.870. The van der Waals surface area contributed by atoms with Crippen LogP contribution in [-0.4, -0.2) is 21.9 Å². The van der Waals surface area contributed by atoms with Gasteiger partial charge in [0.25, 0.3) is 0 Å². The van der Waals surface area contributed by atoms with Crippen LogP contribution in [0.25, 0.3) is 0 Å². The minimum absolute atomic E-state index is 0.123. The van der Waals surface area contributed by atoms with Crippen molar-refractivity contribution in [3.05, 3.63) is 15.4 Å². The summed E-state index contributed by atoms with van der Waals surface area (Å²) in [6, 6.07) is -0.123. The van der Waals surface area contributed by atoms with E-state index in [0.717, 1.165) is 6.42 Å². The number of nitrogens with two attached hydrogens (primary N) is 1. The summed E-state index contributed by atoms with van der Waals surface area (Å²) in [6.45, 7) is 1.94. The van der Waals surface area contributed by atoms with Gasteiger partial charge in [-0.2, -0.15) is 0 Å². The molecular weight excluding hydrogens is 340 g/mol. The van der Waals surface area contributed by atoms with Crippen molar-refractivity contribution in [1.29, 1.82) is 0 Å². The van der Waals surface area contributed by atoms with Gasteiger partial charge in [0.2, 0.25) is 5.91 Å². The fourth-order valence-corrected chi connectivity index (χ4v) is 1.91. The van der Waals surface area contributed by atoms with Gasteiger partial charge in [0.05, 0.1) is 6.20 Å². The monoisotopic (exact) mass is 350 g/mol. The molecule has 0 bridgehead atoms. The number of carbonyl (C=O) groups excluding carboxylic acids is 1. The van der Waals surface area contributed by atoms with E-state index in [2.05, 4.69) is 47.1 Å². The molecule has 1 aromatic rings. The van der Waals surface area contributed by atoms with Gasteiger partial charge in [-0.25, -0.2) is 9.97 Å². The molecule has 1 aromatic heterocycles. The third-order valence-corrected chi connectivity index (χ3v) is 2.87. The highest BCUT2D eigenvalue weighted by Gasteiger charge is 2.11. The number of nitrogens with zero attached hydrogens (tertiary/aromatic N) is 2. The first kappa shape index (κ1) is 13.5. The number of anilines is 1. The predicted octanol–water partition coefficient (Wildman–Crippen LogP) is 2.07. The van der Waals surface area contributed by atoms with Crippen molar-refractivity contribution in [3.63, 3.8) is 0 Å². The summed E-state index contributed by atoms with van der Waals surface area (Å²) in [5.74, 6) is 0.239. The van der Waals surface area contributed by atoms with Crippen LogP contribution in [-0.2, 0) is 4.79 Å². The molecule has 0 saturated carbocycles. The summed E-state index contributed by atoms with van der Waals surface area (Å²) >= 11 is 6.39. The molecule has 0 aliphatic rings. The van der Waals surface area contributed by atoms with E-state index < -0.39 is 0 Å². The largest absolute Gasteiger partial charge is 0.327 e. The van der Waals surface area contributed by atoms with Crippen LogP contribution in [0.1, 0.15) is 19.8 Å². The molecule has 3 N–H and O–H groups in total. The third kappa shape index (κ3) is 4.15. The molecule has 0 saturated heterocycles. The SMILES string of the molecule is CCC(N)CC(=O)Nc1ncc(Br)nc1Br. The van der Waals surface area contributed by atoms with Gasteiger partial charge in [-0.1, -0.05) is 6.92 Å². The summed E-state index contributed by atoms with van der Waals surface area (Å²) < 4.78 is 1.09. The lowest BCUT2D eigenvalue weighted by atomic mass is 10.1. The molecule has 1 amide bonds. The van der Waals surface area contributed by atoms with E-state index in [1.807, 2.05) is 6.92 Å². The standard InChI is InChI=1S/C9H12Br2N4O/c1-2-5(12)3-7(16)15-9-8(11)14-6(10)4-13-9/h4-5H,2-3,12H2,1H3,(H,13,15,16). The molecule has 7 heteroatoms. The van der Waals surface area contributed by atoms with Crippen molar-refractivity contribution in [2.24, 2.45) is 5.73 Å². The molecule has 0 fully saturated rings. The number of halogens is 2. The molecule has 0 aliphatic carbocycles. The van der Waals surface area contributed by atoms with Crippen molar-refractivity contribution < 1.29 is 4.79 Å². The highest BCUT2D eigenvalue weighted by atomic mass is 79.9. The molecule has 0 spiro atoms. The van der Waals surface area contributed by atoms with Gasteiger partial charge in [0.15, 0.2) is 5.82 Å². The zero-order valence-electron chi connectivity index (χ0n) is 8.70. The summed E-state index contributed by atoms with van der Waals surface area (Å²) in [5.41, 5.74) is 5.67. The van der Waals surface area contributed by atoms with Gasteiger partial charge in [-0.3, -0.25) is 4.79 Å². The highest BCUT2D eigenvalue weighted by Crippen LogP contribution is 2.19. The molecule has 0 radical (unpaired) electrons. The Balaban J connectivity index is 2.63. The lowest BCUT2D eigenvalue weighted by Gasteiger charge is -2.09. The molecule has 1 rings (SSSR count). The number of aromatic nitrogens is 2.